The van der Waals surface area contributed by atoms with Crippen molar-refractivity contribution in [1.29, 1.82) is 0 Å². The SMILES string of the molecule is CC1(C)OB(c2c(B3OC(C)(C)C(C)(C)O3)c3c4ccccc4ccc3c3ccc4ccccc4c23)OC1(C)C. The van der Waals surface area contributed by atoms with Gasteiger partial charge in [0.1, 0.15) is 0 Å². The van der Waals surface area contributed by atoms with Crippen LogP contribution in [0.2, 0.25) is 0 Å². The Labute approximate surface area is 237 Å². The standard InChI is InChI=1S/C34H36B2O4/c1-31(2)32(3,4)38-35(37-31)29-27-23-15-11-9-13-21(23)17-19-25(27)26-20-18-22-14-10-12-16-24(22)28(26)30(29)36-39-33(5,6)34(7,8)40-36/h9-20H,1-8H3. The largest absolute Gasteiger partial charge is 0.495 e. The highest BCUT2D eigenvalue weighted by atomic mass is 16.7. The maximum atomic E-state index is 6.84. The zero-order valence-electron chi connectivity index (χ0n) is 24.7. The molecule has 0 unspecified atom stereocenters. The van der Waals surface area contributed by atoms with E-state index in [1.54, 1.807) is 0 Å². The van der Waals surface area contributed by atoms with E-state index < -0.39 is 36.6 Å². The second-order valence-corrected chi connectivity index (χ2v) is 13.4. The van der Waals surface area contributed by atoms with Crippen molar-refractivity contribution in [3.8, 4) is 0 Å². The molecule has 0 aromatic heterocycles. The highest BCUT2D eigenvalue weighted by Crippen LogP contribution is 2.42. The van der Waals surface area contributed by atoms with E-state index in [1.807, 2.05) is 0 Å². The lowest BCUT2D eigenvalue weighted by molar-refractivity contribution is 0.00578. The van der Waals surface area contributed by atoms with E-state index in [1.165, 1.54) is 21.5 Å². The van der Waals surface area contributed by atoms with Crippen LogP contribution in [0.25, 0.3) is 43.1 Å². The second-order valence-electron chi connectivity index (χ2n) is 13.4. The number of rotatable bonds is 2. The summed E-state index contributed by atoms with van der Waals surface area (Å²) < 4.78 is 27.4. The molecule has 2 aliphatic heterocycles. The topological polar surface area (TPSA) is 36.9 Å². The third-order valence-electron chi connectivity index (χ3n) is 9.95. The summed E-state index contributed by atoms with van der Waals surface area (Å²) in [6.45, 7) is 16.9. The molecule has 2 saturated heterocycles. The summed E-state index contributed by atoms with van der Waals surface area (Å²) in [5.41, 5.74) is -0.0312. The van der Waals surface area contributed by atoms with Crippen LogP contribution >= 0.6 is 0 Å². The molecule has 0 amide bonds. The highest BCUT2D eigenvalue weighted by molar-refractivity contribution is 6.80. The minimum atomic E-state index is -0.601. The molecule has 4 nitrogen and oxygen atoms in total. The molecule has 0 spiro atoms. The van der Waals surface area contributed by atoms with E-state index in [4.69, 9.17) is 18.6 Å². The van der Waals surface area contributed by atoms with E-state index >= 15 is 0 Å². The van der Waals surface area contributed by atoms with Crippen molar-refractivity contribution in [2.75, 3.05) is 0 Å². The van der Waals surface area contributed by atoms with Gasteiger partial charge in [0.15, 0.2) is 0 Å². The van der Waals surface area contributed by atoms with Crippen molar-refractivity contribution in [2.45, 2.75) is 77.8 Å². The van der Waals surface area contributed by atoms with Gasteiger partial charge in [0.05, 0.1) is 22.4 Å². The smallest absolute Gasteiger partial charge is 0.399 e. The van der Waals surface area contributed by atoms with Crippen molar-refractivity contribution in [3.63, 3.8) is 0 Å². The van der Waals surface area contributed by atoms with E-state index in [-0.39, 0.29) is 0 Å². The number of hydrogen-bond acceptors (Lipinski definition) is 4. The Balaban J connectivity index is 1.71. The Hall–Kier alpha value is -2.89. The van der Waals surface area contributed by atoms with Crippen LogP contribution in [0.3, 0.4) is 0 Å². The van der Waals surface area contributed by atoms with Gasteiger partial charge in [-0.3, -0.25) is 0 Å². The van der Waals surface area contributed by atoms with E-state index in [9.17, 15) is 0 Å². The maximum Gasteiger partial charge on any atom is 0.495 e. The molecule has 2 aliphatic rings. The summed E-state index contributed by atoms with van der Waals surface area (Å²) in [5.74, 6) is 0. The molecule has 0 bridgehead atoms. The fraction of sp³-hybridized carbons (Fsp3) is 0.353. The lowest BCUT2D eigenvalue weighted by Gasteiger charge is -2.32. The van der Waals surface area contributed by atoms with Crippen LogP contribution in [0.1, 0.15) is 55.4 Å². The first kappa shape index (κ1) is 26.0. The molecule has 0 saturated carbocycles. The molecule has 0 N–H and O–H groups in total. The van der Waals surface area contributed by atoms with Crippen molar-refractivity contribution < 1.29 is 18.6 Å². The summed E-state index contributed by atoms with van der Waals surface area (Å²) >= 11 is 0. The quantitative estimate of drug-likeness (QED) is 0.184. The molecule has 2 fully saturated rings. The van der Waals surface area contributed by atoms with Crippen LogP contribution in [-0.4, -0.2) is 36.6 Å². The van der Waals surface area contributed by atoms with Gasteiger partial charge in [-0.1, -0.05) is 72.8 Å². The van der Waals surface area contributed by atoms with Crippen molar-refractivity contribution >= 4 is 68.3 Å². The predicted octanol–water partition coefficient (Wildman–Crippen LogP) is 6.90. The fourth-order valence-corrected chi connectivity index (χ4v) is 6.25. The number of fused-ring (bicyclic) bond motifs is 7. The molecule has 5 aromatic rings. The Morgan fingerprint density at radius 1 is 0.400 bits per heavy atom. The van der Waals surface area contributed by atoms with Gasteiger partial charge in [0, 0.05) is 0 Å². The summed E-state index contributed by atoms with van der Waals surface area (Å²) in [4.78, 5) is 0. The molecular weight excluding hydrogens is 494 g/mol. The van der Waals surface area contributed by atoms with Gasteiger partial charge in [-0.25, -0.2) is 0 Å². The third kappa shape index (κ3) is 3.56. The number of hydrogen-bond donors (Lipinski definition) is 0. The average Bonchev–Trinajstić information content (AvgIpc) is 3.26. The monoisotopic (exact) mass is 530 g/mol. The lowest BCUT2D eigenvalue weighted by Crippen LogP contribution is -2.52. The summed E-state index contributed by atoms with van der Waals surface area (Å²) in [6, 6.07) is 26.1. The van der Waals surface area contributed by atoms with E-state index in [0.717, 1.165) is 32.5 Å². The minimum absolute atomic E-state index is 0.504. The molecule has 6 heteroatoms. The lowest BCUT2D eigenvalue weighted by atomic mass is 9.60. The van der Waals surface area contributed by atoms with Gasteiger partial charge in [-0.05, 0) is 109 Å². The van der Waals surface area contributed by atoms with Crippen LogP contribution < -0.4 is 10.9 Å². The predicted molar refractivity (Wildman–Crippen MR) is 168 cm³/mol. The fourth-order valence-electron chi connectivity index (χ4n) is 6.25. The van der Waals surface area contributed by atoms with E-state index in [2.05, 4.69) is 128 Å². The molecule has 0 atom stereocenters. The Bertz CT molecular complexity index is 1670. The molecule has 2 heterocycles. The third-order valence-corrected chi connectivity index (χ3v) is 9.95. The van der Waals surface area contributed by atoms with Gasteiger partial charge in [0.25, 0.3) is 0 Å². The van der Waals surface area contributed by atoms with Crippen LogP contribution in [0, 0.1) is 0 Å². The van der Waals surface area contributed by atoms with E-state index in [0.29, 0.717) is 0 Å². The zero-order valence-corrected chi connectivity index (χ0v) is 24.7. The molecule has 202 valence electrons. The second kappa shape index (κ2) is 8.33. The van der Waals surface area contributed by atoms with Crippen LogP contribution in [0.5, 0.6) is 0 Å². The molecular formula is C34H36B2O4. The van der Waals surface area contributed by atoms with Gasteiger partial charge in [-0.2, -0.15) is 0 Å². The molecule has 0 aliphatic carbocycles. The van der Waals surface area contributed by atoms with Gasteiger partial charge < -0.3 is 18.6 Å². The first-order chi connectivity index (χ1) is 18.8. The summed E-state index contributed by atoms with van der Waals surface area (Å²) in [5, 5.41) is 9.28. The molecule has 7 rings (SSSR count). The van der Waals surface area contributed by atoms with Crippen LogP contribution in [0.15, 0.2) is 72.8 Å². The summed E-state index contributed by atoms with van der Waals surface area (Å²) in [7, 11) is -1.20. The first-order valence-electron chi connectivity index (χ1n) is 14.3. The molecule has 0 radical (unpaired) electrons. The summed E-state index contributed by atoms with van der Waals surface area (Å²) in [6.07, 6.45) is 0. The van der Waals surface area contributed by atoms with Gasteiger partial charge in [0.2, 0.25) is 0 Å². The zero-order chi connectivity index (χ0) is 28.2. The van der Waals surface area contributed by atoms with Gasteiger partial charge >= 0.3 is 14.2 Å². The van der Waals surface area contributed by atoms with Crippen molar-refractivity contribution in [1.82, 2.24) is 0 Å². The van der Waals surface area contributed by atoms with Crippen LogP contribution in [-0.2, 0) is 18.6 Å². The molecule has 40 heavy (non-hydrogen) atoms. The molecule has 5 aromatic carbocycles. The Morgan fingerprint density at radius 2 is 0.725 bits per heavy atom. The van der Waals surface area contributed by atoms with Gasteiger partial charge in [-0.15, -0.1) is 0 Å². The average molecular weight is 530 g/mol. The normalized spacial score (nSPS) is 21.3. The van der Waals surface area contributed by atoms with Crippen molar-refractivity contribution in [2.24, 2.45) is 0 Å². The highest BCUT2D eigenvalue weighted by Gasteiger charge is 2.57. The van der Waals surface area contributed by atoms with Crippen molar-refractivity contribution in [3.05, 3.63) is 72.8 Å². The maximum absolute atomic E-state index is 6.84. The first-order valence-corrected chi connectivity index (χ1v) is 14.3. The minimum Gasteiger partial charge on any atom is -0.399 e. The Morgan fingerprint density at radius 3 is 1.07 bits per heavy atom. The number of benzene rings is 5. The Kier molecular flexibility index (Phi) is 5.42. The van der Waals surface area contributed by atoms with Crippen LogP contribution in [0.4, 0.5) is 0 Å².